The molecule has 2 amide bonds. The number of ether oxygens (including phenoxy) is 1. The second-order valence-electron chi connectivity index (χ2n) is 9.60. The average Bonchev–Trinajstić information content (AvgIpc) is 2.93. The summed E-state index contributed by atoms with van der Waals surface area (Å²) in [5.41, 5.74) is 16.7. The number of carbonyl (C=O) groups excluding carboxylic acids is 2. The summed E-state index contributed by atoms with van der Waals surface area (Å²) in [5.74, 6) is -0.445. The number of carbonyl (C=O) groups is 2. The molecule has 0 heterocycles. The molecule has 1 aliphatic carbocycles. The van der Waals surface area contributed by atoms with E-state index in [-0.39, 0.29) is 36.5 Å². The van der Waals surface area contributed by atoms with E-state index in [1.165, 1.54) is 25.7 Å². The highest BCUT2D eigenvalue weighted by Crippen LogP contribution is 2.28. The number of amides is 2. The van der Waals surface area contributed by atoms with Crippen LogP contribution in [0.5, 0.6) is 5.75 Å². The molecule has 0 saturated heterocycles. The summed E-state index contributed by atoms with van der Waals surface area (Å²) in [4.78, 5) is 30.1. The molecule has 0 bridgehead atoms. The molecule has 11 heteroatoms. The number of guanidine groups is 1. The Morgan fingerprint density at radius 2 is 1.77 bits per heavy atom. The van der Waals surface area contributed by atoms with Gasteiger partial charge in [0, 0.05) is 19.2 Å². The monoisotopic (exact) mass is 539 g/mol. The van der Waals surface area contributed by atoms with Crippen LogP contribution in [0.4, 0.5) is 4.39 Å². The van der Waals surface area contributed by atoms with E-state index in [0.717, 1.165) is 36.8 Å². The third-order valence-corrected chi connectivity index (χ3v) is 6.68. The second kappa shape index (κ2) is 14.7. The van der Waals surface area contributed by atoms with Crippen molar-refractivity contribution in [2.24, 2.45) is 27.5 Å². The first-order chi connectivity index (χ1) is 18.8. The van der Waals surface area contributed by atoms with E-state index >= 15 is 0 Å². The summed E-state index contributed by atoms with van der Waals surface area (Å²) in [7, 11) is 3.04. The first-order valence-electron chi connectivity index (χ1n) is 13.1. The van der Waals surface area contributed by atoms with Gasteiger partial charge < -0.3 is 26.9 Å². The van der Waals surface area contributed by atoms with E-state index in [0.29, 0.717) is 23.7 Å². The van der Waals surface area contributed by atoms with Crippen LogP contribution >= 0.6 is 0 Å². The Hall–Kier alpha value is -4.15. The third-order valence-electron chi connectivity index (χ3n) is 6.68. The van der Waals surface area contributed by atoms with Gasteiger partial charge in [0.25, 0.3) is 0 Å². The van der Waals surface area contributed by atoms with Crippen molar-refractivity contribution in [2.45, 2.75) is 57.5 Å². The molecular weight excluding hydrogens is 501 g/mol. The molecule has 210 valence electrons. The average molecular weight is 540 g/mol. The summed E-state index contributed by atoms with van der Waals surface area (Å²) in [5, 5.41) is 9.39. The lowest BCUT2D eigenvalue weighted by atomic mass is 9.84. The molecule has 1 atom stereocenters. The predicted octanol–water partition coefficient (Wildman–Crippen LogP) is 2.30. The van der Waals surface area contributed by atoms with Crippen molar-refractivity contribution in [1.29, 1.82) is 0 Å². The second-order valence-corrected chi connectivity index (χ2v) is 9.60. The summed E-state index contributed by atoms with van der Waals surface area (Å²) in [6, 6.07) is 10.8. The van der Waals surface area contributed by atoms with E-state index in [2.05, 4.69) is 26.2 Å². The first kappa shape index (κ1) is 29.4. The molecule has 1 aliphatic rings. The number of rotatable bonds is 11. The lowest BCUT2D eigenvalue weighted by Gasteiger charge is -2.24. The van der Waals surface area contributed by atoms with Crippen LogP contribution in [-0.4, -0.2) is 43.8 Å². The van der Waals surface area contributed by atoms with Crippen LogP contribution in [0, 0.1) is 11.7 Å². The van der Waals surface area contributed by atoms with E-state index in [1.54, 1.807) is 37.4 Å². The standard InChI is InChI=1S/C28H38FN7O3/c1-32-36-26(30)21-11-8-19(9-12-21)16-25(37)35-28(31)34-23(14-18-6-4-3-5-7-18)27(38)33-17-20-10-13-22(29)24(15-20)39-2/h8-13,15,18,23,32H,3-7,14,16-17H2,1-2H3,(H2,30,36)(H,33,38)(H3,31,34,35,37)/t23-/m1/s1. The van der Waals surface area contributed by atoms with Crippen molar-refractivity contribution in [1.82, 2.24) is 16.1 Å². The fraction of sp³-hybridized carbons (Fsp3) is 0.429. The number of aliphatic imine (C=N–C) groups is 1. The number of nitrogens with zero attached hydrogens (tertiary/aromatic N) is 2. The lowest BCUT2D eigenvalue weighted by molar-refractivity contribution is -0.123. The number of halogens is 1. The maximum Gasteiger partial charge on any atom is 0.245 e. The minimum atomic E-state index is -0.760. The number of hydrogen-bond donors (Lipinski definition) is 5. The molecule has 1 saturated carbocycles. The number of hydrazone groups is 1. The van der Waals surface area contributed by atoms with Gasteiger partial charge in [-0.1, -0.05) is 62.4 Å². The molecule has 0 radical (unpaired) electrons. The first-order valence-corrected chi connectivity index (χ1v) is 13.1. The van der Waals surface area contributed by atoms with Crippen LogP contribution in [0.3, 0.4) is 0 Å². The number of amidine groups is 1. The fourth-order valence-electron chi connectivity index (χ4n) is 4.63. The lowest BCUT2D eigenvalue weighted by Crippen LogP contribution is -2.42. The van der Waals surface area contributed by atoms with Crippen LogP contribution in [0.25, 0.3) is 0 Å². The molecular formula is C28H38FN7O3. The highest BCUT2D eigenvalue weighted by atomic mass is 19.1. The summed E-state index contributed by atoms with van der Waals surface area (Å²) in [6.07, 6.45) is 6.10. The fourth-order valence-corrected chi connectivity index (χ4v) is 4.63. The normalized spacial score (nSPS) is 15.4. The summed E-state index contributed by atoms with van der Waals surface area (Å²) >= 11 is 0. The third kappa shape index (κ3) is 9.27. The van der Waals surface area contributed by atoms with Crippen LogP contribution in [0.1, 0.15) is 55.2 Å². The Morgan fingerprint density at radius 1 is 1.08 bits per heavy atom. The van der Waals surface area contributed by atoms with Crippen LogP contribution in [0.2, 0.25) is 0 Å². The highest BCUT2D eigenvalue weighted by molar-refractivity contribution is 5.99. The van der Waals surface area contributed by atoms with Crippen molar-refractivity contribution >= 4 is 23.6 Å². The zero-order valence-electron chi connectivity index (χ0n) is 22.5. The Bertz CT molecular complexity index is 1180. The maximum atomic E-state index is 13.7. The topological polar surface area (TPSA) is 156 Å². The molecule has 2 aromatic rings. The van der Waals surface area contributed by atoms with Gasteiger partial charge in [-0.3, -0.25) is 14.9 Å². The van der Waals surface area contributed by atoms with E-state index in [1.807, 2.05) is 0 Å². The zero-order chi connectivity index (χ0) is 28.2. The summed E-state index contributed by atoms with van der Waals surface area (Å²) < 4.78 is 18.7. The molecule has 0 aromatic heterocycles. The van der Waals surface area contributed by atoms with E-state index < -0.39 is 11.9 Å². The maximum absolute atomic E-state index is 13.7. The van der Waals surface area contributed by atoms with Crippen LogP contribution in [0.15, 0.2) is 52.6 Å². The van der Waals surface area contributed by atoms with E-state index in [9.17, 15) is 14.0 Å². The van der Waals surface area contributed by atoms with Crippen LogP contribution < -0.4 is 32.3 Å². The van der Waals surface area contributed by atoms with Crippen LogP contribution in [-0.2, 0) is 22.6 Å². The van der Waals surface area contributed by atoms with Crippen molar-refractivity contribution in [2.75, 3.05) is 14.2 Å². The number of methoxy groups -OCH3 is 1. The largest absolute Gasteiger partial charge is 0.494 e. The van der Waals surface area contributed by atoms with Gasteiger partial charge in [-0.15, -0.1) is 0 Å². The number of benzene rings is 2. The summed E-state index contributed by atoms with van der Waals surface area (Å²) in [6.45, 7) is 0.179. The quantitative estimate of drug-likeness (QED) is 0.168. The van der Waals surface area contributed by atoms with Gasteiger partial charge in [0.1, 0.15) is 6.04 Å². The van der Waals surface area contributed by atoms with Crippen molar-refractivity contribution in [3.05, 3.63) is 65.0 Å². The SMILES string of the molecule is CN/N=C(\N)c1ccc(CC(=O)NC(N)=N[C@H](CC2CCCCC2)C(=O)NCc2ccc(F)c(OC)c2)cc1. The minimum absolute atomic E-state index is 0.0749. The van der Waals surface area contributed by atoms with Crippen molar-refractivity contribution in [3.63, 3.8) is 0 Å². The van der Waals surface area contributed by atoms with Gasteiger partial charge in [-0.2, -0.15) is 5.10 Å². The molecule has 0 unspecified atom stereocenters. The molecule has 7 N–H and O–H groups in total. The van der Waals surface area contributed by atoms with Crippen molar-refractivity contribution < 1.29 is 18.7 Å². The van der Waals surface area contributed by atoms with Gasteiger partial charge >= 0.3 is 0 Å². The van der Waals surface area contributed by atoms with Gasteiger partial charge in [0.15, 0.2) is 23.4 Å². The molecule has 2 aromatic carbocycles. The van der Waals surface area contributed by atoms with E-state index in [4.69, 9.17) is 16.2 Å². The molecule has 3 rings (SSSR count). The Labute approximate surface area is 228 Å². The number of nitrogens with one attached hydrogen (secondary N) is 3. The Morgan fingerprint density at radius 3 is 2.44 bits per heavy atom. The van der Waals surface area contributed by atoms with Gasteiger partial charge in [0.05, 0.1) is 13.5 Å². The molecule has 0 aliphatic heterocycles. The zero-order valence-corrected chi connectivity index (χ0v) is 22.5. The molecule has 1 fully saturated rings. The Kier molecular flexibility index (Phi) is 11.1. The number of hydrogen-bond acceptors (Lipinski definition) is 6. The van der Waals surface area contributed by atoms with Gasteiger partial charge in [-0.05, 0) is 35.6 Å². The predicted molar refractivity (Wildman–Crippen MR) is 149 cm³/mol. The molecule has 10 nitrogen and oxygen atoms in total. The minimum Gasteiger partial charge on any atom is -0.494 e. The smallest absolute Gasteiger partial charge is 0.245 e. The van der Waals surface area contributed by atoms with Gasteiger partial charge in [-0.25, -0.2) is 9.38 Å². The molecule has 0 spiro atoms. The highest BCUT2D eigenvalue weighted by Gasteiger charge is 2.25. The molecule has 39 heavy (non-hydrogen) atoms. The Balaban J connectivity index is 1.64. The number of nitrogens with two attached hydrogens (primary N) is 2. The van der Waals surface area contributed by atoms with Gasteiger partial charge in [0.2, 0.25) is 11.8 Å². The van der Waals surface area contributed by atoms with Crippen molar-refractivity contribution in [3.8, 4) is 5.75 Å².